The summed E-state index contributed by atoms with van der Waals surface area (Å²) in [7, 11) is 3.16. The van der Waals surface area contributed by atoms with Crippen molar-refractivity contribution in [2.24, 2.45) is 29.4 Å². The molecule has 16 heteroatoms. The third kappa shape index (κ3) is 10.5. The molecule has 7 rings (SSSR count). The van der Waals surface area contributed by atoms with Crippen molar-refractivity contribution in [1.29, 1.82) is 0 Å². The van der Waals surface area contributed by atoms with Crippen LogP contribution in [0.15, 0.2) is 59.3 Å². The molecular weight excluding hydrogens is 843 g/mol. The van der Waals surface area contributed by atoms with Crippen molar-refractivity contribution in [2.75, 3.05) is 20.8 Å². The van der Waals surface area contributed by atoms with Gasteiger partial charge in [0.15, 0.2) is 24.5 Å². The molecule has 0 aromatic rings. The Labute approximate surface area is 383 Å². The summed E-state index contributed by atoms with van der Waals surface area (Å²) >= 11 is 0. The van der Waals surface area contributed by atoms with Gasteiger partial charge >= 0.3 is 12.1 Å². The quantitative estimate of drug-likeness (QED) is 0.194. The van der Waals surface area contributed by atoms with Gasteiger partial charge in [-0.15, -0.1) is 0 Å². The van der Waals surface area contributed by atoms with E-state index < -0.39 is 109 Å². The average Bonchev–Trinajstić information content (AvgIpc) is 3.61. The molecule has 16 nitrogen and oxygen atoms in total. The fraction of sp³-hybridized carbons (Fsp3) is 0.755. The van der Waals surface area contributed by atoms with Gasteiger partial charge in [0.1, 0.15) is 42.0 Å². The highest BCUT2D eigenvalue weighted by Crippen LogP contribution is 2.47. The zero-order chi connectivity index (χ0) is 47.0. The van der Waals surface area contributed by atoms with Crippen LogP contribution in [-0.4, -0.2) is 140 Å². The first-order chi connectivity index (χ1) is 30.9. The van der Waals surface area contributed by atoms with Crippen LogP contribution in [0.5, 0.6) is 0 Å². The minimum atomic E-state index is -1.85. The number of nitrogens with two attached hydrogens (primary N) is 1. The number of hydrogen-bond acceptors (Lipinski definition) is 15. The molecule has 364 valence electrons. The number of esters is 1. The third-order valence-corrected chi connectivity index (χ3v) is 14.7. The number of rotatable bonds is 9. The molecule has 4 saturated heterocycles. The molecule has 0 unspecified atom stereocenters. The zero-order valence-electron chi connectivity index (χ0n) is 39.7. The predicted octanol–water partition coefficient (Wildman–Crippen LogP) is 5.48. The van der Waals surface area contributed by atoms with Crippen LogP contribution in [0, 0.1) is 23.7 Å². The van der Waals surface area contributed by atoms with Gasteiger partial charge in [0, 0.05) is 51.7 Å². The van der Waals surface area contributed by atoms with Crippen LogP contribution in [0.1, 0.15) is 93.9 Å². The van der Waals surface area contributed by atoms with Gasteiger partial charge in [-0.3, -0.25) is 4.79 Å². The van der Waals surface area contributed by atoms with Crippen LogP contribution in [0.25, 0.3) is 0 Å². The van der Waals surface area contributed by atoms with Crippen LogP contribution < -0.4 is 5.73 Å². The summed E-state index contributed by atoms with van der Waals surface area (Å²) in [6, 6.07) is 0. The lowest BCUT2D eigenvalue weighted by atomic mass is 9.71. The average molecular weight is 916 g/mol. The molecule has 1 amide bonds. The Hall–Kier alpha value is -3.00. The summed E-state index contributed by atoms with van der Waals surface area (Å²) in [6.45, 7) is 16.0. The van der Waals surface area contributed by atoms with E-state index in [1.54, 1.807) is 33.1 Å². The van der Waals surface area contributed by atoms with E-state index in [9.17, 15) is 19.8 Å². The van der Waals surface area contributed by atoms with Gasteiger partial charge in [-0.25, -0.2) is 4.79 Å². The molecule has 6 heterocycles. The first kappa shape index (κ1) is 49.9. The van der Waals surface area contributed by atoms with Gasteiger partial charge in [0.05, 0.1) is 43.2 Å². The number of ether oxygens (including phenoxy) is 11. The Balaban J connectivity index is 1.16. The van der Waals surface area contributed by atoms with Crippen molar-refractivity contribution in [1.82, 2.24) is 0 Å². The second kappa shape index (κ2) is 20.7. The van der Waals surface area contributed by atoms with Crippen molar-refractivity contribution in [2.45, 2.75) is 191 Å². The maximum absolute atomic E-state index is 14.4. The monoisotopic (exact) mass is 915 g/mol. The van der Waals surface area contributed by atoms with E-state index in [-0.39, 0.29) is 36.9 Å². The fourth-order valence-corrected chi connectivity index (χ4v) is 10.9. The Kier molecular flexibility index (Phi) is 15.9. The number of carbonyl (C=O) groups excluding carboxylic acids is 2. The number of hydrogen-bond donors (Lipinski definition) is 3. The lowest BCUT2D eigenvalue weighted by Crippen LogP contribution is -2.58. The summed E-state index contributed by atoms with van der Waals surface area (Å²) in [5, 5.41) is 23.8. The summed E-state index contributed by atoms with van der Waals surface area (Å²) in [6.07, 6.45) is 6.96. The van der Waals surface area contributed by atoms with Crippen LogP contribution in [-0.2, 0) is 56.9 Å². The number of carbonyl (C=O) groups is 2. The van der Waals surface area contributed by atoms with Gasteiger partial charge in [-0.05, 0) is 62.8 Å². The topological polar surface area (TPSA) is 202 Å². The molecule has 1 spiro atoms. The first-order valence-electron chi connectivity index (χ1n) is 23.5. The highest BCUT2D eigenvalue weighted by Gasteiger charge is 2.60. The summed E-state index contributed by atoms with van der Waals surface area (Å²) in [5.74, 6) is -2.65. The number of aliphatic hydroxyl groups excluding tert-OH is 1. The van der Waals surface area contributed by atoms with E-state index in [2.05, 4.69) is 32.9 Å². The van der Waals surface area contributed by atoms with Crippen molar-refractivity contribution in [3.8, 4) is 0 Å². The minimum Gasteiger partial charge on any atom is -0.462 e. The summed E-state index contributed by atoms with van der Waals surface area (Å²) in [4.78, 5) is 25.9. The van der Waals surface area contributed by atoms with Crippen LogP contribution >= 0.6 is 0 Å². The minimum absolute atomic E-state index is 0.0189. The fourth-order valence-electron chi connectivity index (χ4n) is 10.9. The zero-order valence-corrected chi connectivity index (χ0v) is 39.7. The first-order valence-corrected chi connectivity index (χ1v) is 23.5. The molecule has 4 fully saturated rings. The molecule has 1 aliphatic carbocycles. The normalized spacial score (nSPS) is 47.3. The Bertz CT molecular complexity index is 1850. The van der Waals surface area contributed by atoms with E-state index in [0.717, 1.165) is 12.0 Å². The molecule has 4 N–H and O–H groups in total. The van der Waals surface area contributed by atoms with Crippen molar-refractivity contribution >= 4 is 12.1 Å². The number of methoxy groups -OCH3 is 2. The Morgan fingerprint density at radius 3 is 2.28 bits per heavy atom. The lowest BCUT2D eigenvalue weighted by molar-refractivity contribution is -0.318. The van der Waals surface area contributed by atoms with Gasteiger partial charge in [0.25, 0.3) is 0 Å². The SMILES string of the molecule is CC[C@H](C)[C@H]1O[C@]2(C=C[C@@H]1C)C[C@@H]1C[C@@H](C/C=C(\C)[C@@H](O[C@H]3C[C@@H](OC)[C@@H](O[C@H]4C[C@@H](OC)[C@@H](OC(N)=O)[C@H](C)O4)[C@H](C)O3)[C@@H](C)/C=C/C=C3\CO[C@@H]4[C@H](O)C(C)=C[C@@H](C(=O)O1)[C@]34O)O2. The number of aliphatic hydroxyl groups is 2. The lowest BCUT2D eigenvalue weighted by Gasteiger charge is -2.48. The maximum Gasteiger partial charge on any atom is 0.404 e. The summed E-state index contributed by atoms with van der Waals surface area (Å²) < 4.78 is 69.3. The number of allylic oxidation sites excluding steroid dienone is 2. The van der Waals surface area contributed by atoms with Crippen LogP contribution in [0.3, 0.4) is 0 Å². The van der Waals surface area contributed by atoms with E-state index in [4.69, 9.17) is 57.8 Å². The molecule has 0 radical (unpaired) electrons. The molecule has 2 bridgehead atoms. The molecule has 65 heavy (non-hydrogen) atoms. The molecule has 0 aromatic heterocycles. The highest BCUT2D eigenvalue weighted by atomic mass is 16.7. The molecule has 0 aromatic carbocycles. The smallest absolute Gasteiger partial charge is 0.404 e. The van der Waals surface area contributed by atoms with Gasteiger partial charge in [0.2, 0.25) is 0 Å². The van der Waals surface area contributed by atoms with E-state index >= 15 is 0 Å². The Morgan fingerprint density at radius 2 is 1.60 bits per heavy atom. The molecule has 6 aliphatic heterocycles. The molecule has 0 saturated carbocycles. The van der Waals surface area contributed by atoms with Crippen molar-refractivity contribution in [3.05, 3.63) is 59.3 Å². The standard InChI is InChI=1S/C49H73NO15/c1-11-25(2)42-28(5)17-18-48(65-42)23-34-20-33(64-48)16-15-27(4)41(26(3)13-12-14-32-24-57-45-40(51)29(6)19-35(46(52)60-34)49(32,45)54)61-38-21-36(55-9)43(30(7)58-38)62-39-22-37(56-10)44(31(8)59-39)63-47(50)53/h12-15,17-19,25-26,28,30-31,33-45,51,54H,11,16,20-24H2,1-10H3,(H2,50,53)/b13-12+,27-15+,32-14+/t25-,26-,28-,30-,31-,33+,34-,35-,36+,37+,38-,39-,40+,41-,42+,43-,44-,45+,48+,49+/m0/s1. The van der Waals surface area contributed by atoms with Gasteiger partial charge in [-0.1, -0.05) is 70.6 Å². The summed E-state index contributed by atoms with van der Waals surface area (Å²) in [5.41, 5.74) is 5.39. The van der Waals surface area contributed by atoms with E-state index in [1.807, 2.05) is 39.0 Å². The van der Waals surface area contributed by atoms with Crippen LogP contribution in [0.2, 0.25) is 0 Å². The van der Waals surface area contributed by atoms with E-state index in [1.165, 1.54) is 7.11 Å². The second-order valence-corrected chi connectivity index (χ2v) is 19.4. The van der Waals surface area contributed by atoms with Crippen molar-refractivity contribution in [3.63, 3.8) is 0 Å². The largest absolute Gasteiger partial charge is 0.462 e. The molecule has 7 aliphatic rings. The van der Waals surface area contributed by atoms with Gasteiger partial charge < -0.3 is 68.1 Å². The van der Waals surface area contributed by atoms with Gasteiger partial charge in [-0.2, -0.15) is 0 Å². The molecule has 20 atom stereocenters. The Morgan fingerprint density at radius 1 is 0.923 bits per heavy atom. The molecular formula is C49H73NO15. The number of amides is 1. The number of fused-ring (bicyclic) bond motifs is 2. The van der Waals surface area contributed by atoms with Crippen LogP contribution in [0.4, 0.5) is 4.79 Å². The number of primary amides is 1. The van der Waals surface area contributed by atoms with Crippen molar-refractivity contribution < 1.29 is 71.9 Å². The predicted molar refractivity (Wildman–Crippen MR) is 236 cm³/mol. The highest BCUT2D eigenvalue weighted by molar-refractivity contribution is 5.78. The maximum atomic E-state index is 14.4. The van der Waals surface area contributed by atoms with E-state index in [0.29, 0.717) is 36.8 Å². The third-order valence-electron chi connectivity index (χ3n) is 14.7. The second-order valence-electron chi connectivity index (χ2n) is 19.4.